The fraction of sp³-hybridized carbons (Fsp3) is 0.636. The van der Waals surface area contributed by atoms with E-state index in [0.717, 1.165) is 30.1 Å². The summed E-state index contributed by atoms with van der Waals surface area (Å²) < 4.78 is 7.31. The van der Waals surface area contributed by atoms with Gasteiger partial charge in [0, 0.05) is 13.7 Å². The fourth-order valence-corrected chi connectivity index (χ4v) is 2.46. The van der Waals surface area contributed by atoms with E-state index in [4.69, 9.17) is 22.7 Å². The molecule has 3 N–H and O–H groups in total. The lowest BCUT2D eigenvalue weighted by atomic mass is 10.1. The molecule has 1 fully saturated rings. The number of ether oxygens (including phenoxy) is 1. The molecule has 0 aromatic carbocycles. The highest BCUT2D eigenvalue weighted by molar-refractivity contribution is 7.80. The second-order valence-electron chi connectivity index (χ2n) is 4.41. The monoisotopic (exact) mass is 254 g/mol. The molecule has 0 bridgehead atoms. The van der Waals surface area contributed by atoms with Crippen LogP contribution in [0.5, 0.6) is 0 Å². The van der Waals surface area contributed by atoms with Gasteiger partial charge in [0.15, 0.2) is 0 Å². The molecular formula is C11H18N4OS. The molecule has 1 aromatic heterocycles. The first-order valence-electron chi connectivity index (χ1n) is 5.72. The Morgan fingerprint density at radius 2 is 2.35 bits per heavy atom. The zero-order valence-corrected chi connectivity index (χ0v) is 11.2. The number of aryl methyl sites for hydroxylation is 2. The Morgan fingerprint density at radius 1 is 1.65 bits per heavy atom. The van der Waals surface area contributed by atoms with E-state index in [1.54, 1.807) is 4.68 Å². The molecule has 2 unspecified atom stereocenters. The molecule has 1 saturated heterocycles. The molecule has 1 aliphatic heterocycles. The first-order chi connectivity index (χ1) is 8.00. The van der Waals surface area contributed by atoms with Gasteiger partial charge in [-0.3, -0.25) is 4.68 Å². The van der Waals surface area contributed by atoms with E-state index >= 15 is 0 Å². The maximum absolute atomic E-state index is 5.74. The number of aromatic nitrogens is 2. The van der Waals surface area contributed by atoms with Crippen LogP contribution in [0.3, 0.4) is 0 Å². The van der Waals surface area contributed by atoms with E-state index in [9.17, 15) is 0 Å². The van der Waals surface area contributed by atoms with Gasteiger partial charge in [-0.1, -0.05) is 12.2 Å². The minimum absolute atomic E-state index is 0.199. The van der Waals surface area contributed by atoms with Crippen LogP contribution < -0.4 is 11.1 Å². The molecule has 6 heteroatoms. The van der Waals surface area contributed by atoms with Gasteiger partial charge in [-0.15, -0.1) is 0 Å². The van der Waals surface area contributed by atoms with Gasteiger partial charge in [-0.25, -0.2) is 0 Å². The maximum Gasteiger partial charge on any atom is 0.134 e. The van der Waals surface area contributed by atoms with Gasteiger partial charge in [-0.05, 0) is 20.3 Å². The third-order valence-electron chi connectivity index (χ3n) is 3.17. The molecule has 0 radical (unpaired) electrons. The molecule has 5 nitrogen and oxygen atoms in total. The largest absolute Gasteiger partial charge is 0.389 e. The summed E-state index contributed by atoms with van der Waals surface area (Å²) in [5.41, 5.74) is 7.43. The Morgan fingerprint density at radius 3 is 2.88 bits per heavy atom. The van der Waals surface area contributed by atoms with Crippen LogP contribution >= 0.6 is 12.2 Å². The molecule has 1 aliphatic rings. The van der Waals surface area contributed by atoms with Gasteiger partial charge >= 0.3 is 0 Å². The van der Waals surface area contributed by atoms with Crippen molar-refractivity contribution in [1.82, 2.24) is 9.78 Å². The molecule has 0 amide bonds. The first-order valence-corrected chi connectivity index (χ1v) is 6.13. The summed E-state index contributed by atoms with van der Waals surface area (Å²) in [6, 6.07) is 0.290. The van der Waals surface area contributed by atoms with Crippen LogP contribution in [0.25, 0.3) is 0 Å². The minimum Gasteiger partial charge on any atom is -0.389 e. The maximum atomic E-state index is 5.74. The first kappa shape index (κ1) is 12.3. The van der Waals surface area contributed by atoms with E-state index in [2.05, 4.69) is 17.3 Å². The summed E-state index contributed by atoms with van der Waals surface area (Å²) in [6.07, 6.45) is 1.19. The lowest BCUT2D eigenvalue weighted by molar-refractivity contribution is 0.121. The highest BCUT2D eigenvalue weighted by atomic mass is 32.1. The van der Waals surface area contributed by atoms with Crippen molar-refractivity contribution in [1.29, 1.82) is 0 Å². The van der Waals surface area contributed by atoms with E-state index in [-0.39, 0.29) is 12.1 Å². The van der Waals surface area contributed by atoms with Crippen molar-refractivity contribution in [3.05, 3.63) is 11.3 Å². The smallest absolute Gasteiger partial charge is 0.134 e. The molecule has 2 rings (SSSR count). The van der Waals surface area contributed by atoms with Crippen molar-refractivity contribution >= 4 is 23.0 Å². The van der Waals surface area contributed by atoms with E-state index < -0.39 is 0 Å². The number of rotatable bonds is 3. The number of hydrogen-bond donors (Lipinski definition) is 2. The molecule has 17 heavy (non-hydrogen) atoms. The average molecular weight is 254 g/mol. The van der Waals surface area contributed by atoms with Gasteiger partial charge in [0.2, 0.25) is 0 Å². The van der Waals surface area contributed by atoms with Crippen LogP contribution in [-0.2, 0) is 11.8 Å². The van der Waals surface area contributed by atoms with Crippen molar-refractivity contribution in [2.75, 3.05) is 11.9 Å². The number of nitrogens with one attached hydrogen (secondary N) is 1. The normalized spacial score (nSPS) is 23.9. The highest BCUT2D eigenvalue weighted by Gasteiger charge is 2.26. The Hall–Kier alpha value is -1.14. The Bertz CT molecular complexity index is 443. The molecule has 2 atom stereocenters. The summed E-state index contributed by atoms with van der Waals surface area (Å²) in [7, 11) is 1.89. The standard InChI is InChI=1S/C11H18N4OS/c1-6-9(10(12)17)11(15(3)14-6)13-8-4-5-16-7(8)2/h7-8,13H,4-5H2,1-3H3,(H2,12,17). The van der Waals surface area contributed by atoms with Crippen molar-refractivity contribution in [3.8, 4) is 0 Å². The van der Waals surface area contributed by atoms with Crippen molar-refractivity contribution < 1.29 is 4.74 Å². The lowest BCUT2D eigenvalue weighted by Crippen LogP contribution is -2.29. The topological polar surface area (TPSA) is 65.1 Å². The van der Waals surface area contributed by atoms with Crippen LogP contribution in [0, 0.1) is 6.92 Å². The van der Waals surface area contributed by atoms with E-state index in [1.807, 2.05) is 14.0 Å². The molecule has 0 spiro atoms. The van der Waals surface area contributed by atoms with Crippen LogP contribution in [0.1, 0.15) is 24.6 Å². The van der Waals surface area contributed by atoms with Crippen molar-refractivity contribution in [3.63, 3.8) is 0 Å². The molecule has 0 saturated carbocycles. The molecule has 2 heterocycles. The summed E-state index contributed by atoms with van der Waals surface area (Å²) in [5.74, 6) is 0.886. The third-order valence-corrected chi connectivity index (χ3v) is 3.37. The Labute approximate surface area is 106 Å². The number of hydrogen-bond acceptors (Lipinski definition) is 4. The average Bonchev–Trinajstić information content (AvgIpc) is 2.73. The van der Waals surface area contributed by atoms with Crippen LogP contribution in [0.15, 0.2) is 0 Å². The van der Waals surface area contributed by atoms with Crippen LogP contribution in [0.2, 0.25) is 0 Å². The quantitative estimate of drug-likeness (QED) is 0.786. The molecule has 94 valence electrons. The summed E-state index contributed by atoms with van der Waals surface area (Å²) in [5, 5.41) is 7.78. The van der Waals surface area contributed by atoms with Gasteiger partial charge in [-0.2, -0.15) is 5.10 Å². The summed E-state index contributed by atoms with van der Waals surface area (Å²) >= 11 is 5.07. The fourth-order valence-electron chi connectivity index (χ4n) is 2.22. The van der Waals surface area contributed by atoms with Crippen LogP contribution in [0.4, 0.5) is 5.82 Å². The summed E-state index contributed by atoms with van der Waals surface area (Å²) in [6.45, 7) is 4.76. The van der Waals surface area contributed by atoms with Gasteiger partial charge in [0.1, 0.15) is 10.8 Å². The van der Waals surface area contributed by atoms with Crippen molar-refractivity contribution in [2.45, 2.75) is 32.4 Å². The zero-order chi connectivity index (χ0) is 12.6. The second-order valence-corrected chi connectivity index (χ2v) is 4.85. The van der Waals surface area contributed by atoms with Crippen molar-refractivity contribution in [2.24, 2.45) is 12.8 Å². The van der Waals surface area contributed by atoms with Crippen LogP contribution in [-0.4, -0.2) is 33.5 Å². The van der Waals surface area contributed by atoms with Gasteiger partial charge in [0.25, 0.3) is 0 Å². The number of thiocarbonyl (C=S) groups is 1. The van der Waals surface area contributed by atoms with E-state index in [0.29, 0.717) is 4.99 Å². The number of nitrogens with two attached hydrogens (primary N) is 1. The number of anilines is 1. The second kappa shape index (κ2) is 4.62. The Kier molecular flexibility index (Phi) is 3.35. The third kappa shape index (κ3) is 2.28. The van der Waals surface area contributed by atoms with Gasteiger partial charge < -0.3 is 15.8 Å². The Balaban J connectivity index is 2.28. The number of nitrogens with zero attached hydrogens (tertiary/aromatic N) is 2. The zero-order valence-electron chi connectivity index (χ0n) is 10.4. The lowest BCUT2D eigenvalue weighted by Gasteiger charge is -2.18. The minimum atomic E-state index is 0.199. The predicted molar refractivity (Wildman–Crippen MR) is 71.3 cm³/mol. The molecule has 0 aliphatic carbocycles. The molecule has 1 aromatic rings. The SMILES string of the molecule is Cc1nn(C)c(NC2CCOC2C)c1C(N)=S. The highest BCUT2D eigenvalue weighted by Crippen LogP contribution is 2.23. The molecular weight excluding hydrogens is 236 g/mol. The summed E-state index contributed by atoms with van der Waals surface area (Å²) in [4.78, 5) is 0.379. The van der Waals surface area contributed by atoms with E-state index in [1.165, 1.54) is 0 Å². The predicted octanol–water partition coefficient (Wildman–Crippen LogP) is 0.952. The van der Waals surface area contributed by atoms with Gasteiger partial charge in [0.05, 0.1) is 23.4 Å².